The minimum atomic E-state index is 0.906. The summed E-state index contributed by atoms with van der Waals surface area (Å²) in [5, 5.41) is 4.98. The van der Waals surface area contributed by atoms with E-state index in [-0.39, 0.29) is 0 Å². The molecule has 0 spiro atoms. The predicted molar refractivity (Wildman–Crippen MR) is 232 cm³/mol. The fraction of sp³-hybridized carbons (Fsp3) is 0. The standard InChI is InChI=1S/C52H34N4/c1-4-15-35(16-5-1)46-33-38(34-47(54-46)36-17-6-2-7-18-36)45-24-14-23-44(53-45)37-27-29-40(30-28-37)55-49-26-13-11-22-43(49)51-50(55)32-31-42-41-21-10-12-25-48(41)56(52(42)51)39-19-8-3-9-20-39/h1-34H. The minimum absolute atomic E-state index is 0.906. The molecule has 56 heavy (non-hydrogen) atoms. The van der Waals surface area contributed by atoms with E-state index in [1.165, 1.54) is 43.6 Å². The van der Waals surface area contributed by atoms with Crippen LogP contribution in [0.5, 0.6) is 0 Å². The SMILES string of the molecule is c1ccc(-c2cc(-c3cccc(-c4ccc(-n5c6ccccc6c6c5ccc5c7ccccc7n(-c7ccccc7)c56)cc4)n3)cc(-c3ccccc3)n2)cc1. The molecule has 0 saturated heterocycles. The van der Waals surface area contributed by atoms with Gasteiger partial charge in [0, 0.05) is 55.2 Å². The highest BCUT2D eigenvalue weighted by atomic mass is 15.0. The van der Waals surface area contributed by atoms with Crippen LogP contribution < -0.4 is 0 Å². The third kappa shape index (κ3) is 5.23. The van der Waals surface area contributed by atoms with Gasteiger partial charge in [-0.3, -0.25) is 0 Å². The van der Waals surface area contributed by atoms with E-state index >= 15 is 0 Å². The van der Waals surface area contributed by atoms with E-state index in [1.54, 1.807) is 0 Å². The van der Waals surface area contributed by atoms with Crippen LogP contribution in [0.4, 0.5) is 0 Å². The maximum absolute atomic E-state index is 5.23. The number of nitrogens with zero attached hydrogens (tertiary/aromatic N) is 4. The van der Waals surface area contributed by atoms with Crippen molar-refractivity contribution >= 4 is 43.6 Å². The Labute approximate surface area is 324 Å². The van der Waals surface area contributed by atoms with Crippen LogP contribution in [0.15, 0.2) is 206 Å². The molecule has 0 aliphatic rings. The summed E-state index contributed by atoms with van der Waals surface area (Å²) in [5.74, 6) is 0. The third-order valence-corrected chi connectivity index (χ3v) is 10.9. The molecule has 0 atom stereocenters. The number of hydrogen-bond donors (Lipinski definition) is 0. The van der Waals surface area contributed by atoms with Crippen LogP contribution in [0.3, 0.4) is 0 Å². The smallest absolute Gasteiger partial charge is 0.0716 e. The quantitative estimate of drug-likeness (QED) is 0.172. The molecule has 4 heteroatoms. The van der Waals surface area contributed by atoms with Crippen LogP contribution in [0.1, 0.15) is 0 Å². The average Bonchev–Trinajstić information content (AvgIpc) is 3.80. The number of rotatable bonds is 6. The molecule has 4 aromatic heterocycles. The van der Waals surface area contributed by atoms with E-state index in [2.05, 4.69) is 203 Å². The summed E-state index contributed by atoms with van der Waals surface area (Å²) in [6.45, 7) is 0. The van der Waals surface area contributed by atoms with Crippen molar-refractivity contribution in [1.29, 1.82) is 0 Å². The highest BCUT2D eigenvalue weighted by Crippen LogP contribution is 2.42. The zero-order valence-corrected chi connectivity index (χ0v) is 30.4. The van der Waals surface area contributed by atoms with Gasteiger partial charge in [-0.1, -0.05) is 140 Å². The number of para-hydroxylation sites is 3. The molecule has 0 saturated carbocycles. The van der Waals surface area contributed by atoms with Crippen LogP contribution in [0.25, 0.3) is 100 Å². The lowest BCUT2D eigenvalue weighted by Crippen LogP contribution is -1.96. The van der Waals surface area contributed by atoms with Crippen molar-refractivity contribution in [3.63, 3.8) is 0 Å². The summed E-state index contributed by atoms with van der Waals surface area (Å²) in [7, 11) is 0. The van der Waals surface area contributed by atoms with Gasteiger partial charge in [-0.25, -0.2) is 9.97 Å². The first-order valence-electron chi connectivity index (χ1n) is 19.0. The van der Waals surface area contributed by atoms with Gasteiger partial charge in [0.05, 0.1) is 44.8 Å². The molecule has 0 bridgehead atoms. The summed E-state index contributed by atoms with van der Waals surface area (Å²) in [4.78, 5) is 10.3. The molecule has 11 aromatic rings. The van der Waals surface area contributed by atoms with Gasteiger partial charge in [-0.2, -0.15) is 0 Å². The highest BCUT2D eigenvalue weighted by Gasteiger charge is 2.21. The first kappa shape index (κ1) is 31.9. The summed E-state index contributed by atoms with van der Waals surface area (Å²) in [6.07, 6.45) is 0. The van der Waals surface area contributed by atoms with Crippen LogP contribution in [-0.4, -0.2) is 19.1 Å². The predicted octanol–water partition coefficient (Wildman–Crippen LogP) is 13.3. The Hall–Kier alpha value is -7.56. The van der Waals surface area contributed by atoms with Crippen LogP contribution in [0.2, 0.25) is 0 Å². The van der Waals surface area contributed by atoms with E-state index in [1.807, 2.05) is 12.1 Å². The van der Waals surface area contributed by atoms with Gasteiger partial charge in [0.1, 0.15) is 0 Å². The molecule has 0 amide bonds. The second-order valence-electron chi connectivity index (χ2n) is 14.2. The highest BCUT2D eigenvalue weighted by molar-refractivity contribution is 6.26. The summed E-state index contributed by atoms with van der Waals surface area (Å²) in [5.41, 5.74) is 14.9. The zero-order valence-electron chi connectivity index (χ0n) is 30.4. The largest absolute Gasteiger partial charge is 0.309 e. The van der Waals surface area contributed by atoms with Crippen molar-refractivity contribution in [3.8, 4) is 56.4 Å². The maximum atomic E-state index is 5.23. The molecular weight excluding hydrogens is 681 g/mol. The number of fused-ring (bicyclic) bond motifs is 7. The van der Waals surface area contributed by atoms with E-state index in [4.69, 9.17) is 9.97 Å². The van der Waals surface area contributed by atoms with Crippen LogP contribution >= 0.6 is 0 Å². The molecule has 7 aromatic carbocycles. The second kappa shape index (κ2) is 13.1. The Kier molecular flexibility index (Phi) is 7.46. The number of hydrogen-bond acceptors (Lipinski definition) is 2. The van der Waals surface area contributed by atoms with Gasteiger partial charge in [0.2, 0.25) is 0 Å². The Morgan fingerprint density at radius 1 is 0.286 bits per heavy atom. The third-order valence-electron chi connectivity index (χ3n) is 10.9. The maximum Gasteiger partial charge on any atom is 0.0716 e. The van der Waals surface area contributed by atoms with E-state index in [9.17, 15) is 0 Å². The molecule has 4 heterocycles. The molecule has 0 fully saturated rings. The van der Waals surface area contributed by atoms with Crippen molar-refractivity contribution < 1.29 is 0 Å². The minimum Gasteiger partial charge on any atom is -0.309 e. The first-order chi connectivity index (χ1) is 27.8. The van der Waals surface area contributed by atoms with Gasteiger partial charge >= 0.3 is 0 Å². The van der Waals surface area contributed by atoms with Gasteiger partial charge < -0.3 is 9.13 Å². The summed E-state index contributed by atoms with van der Waals surface area (Å²) in [6, 6.07) is 72.9. The van der Waals surface area contributed by atoms with Crippen molar-refractivity contribution in [1.82, 2.24) is 19.1 Å². The van der Waals surface area contributed by atoms with E-state index in [0.717, 1.165) is 56.4 Å². The number of aromatic nitrogens is 4. The van der Waals surface area contributed by atoms with Crippen molar-refractivity contribution in [2.24, 2.45) is 0 Å². The van der Waals surface area contributed by atoms with Gasteiger partial charge in [0.15, 0.2) is 0 Å². The first-order valence-corrected chi connectivity index (χ1v) is 19.0. The lowest BCUT2D eigenvalue weighted by Gasteiger charge is -2.12. The summed E-state index contributed by atoms with van der Waals surface area (Å²) >= 11 is 0. The van der Waals surface area contributed by atoms with Gasteiger partial charge in [-0.05, 0) is 66.7 Å². The van der Waals surface area contributed by atoms with Crippen molar-refractivity contribution in [2.45, 2.75) is 0 Å². The zero-order chi connectivity index (χ0) is 37.0. The van der Waals surface area contributed by atoms with E-state index < -0.39 is 0 Å². The van der Waals surface area contributed by atoms with E-state index in [0.29, 0.717) is 0 Å². The topological polar surface area (TPSA) is 35.6 Å². The molecule has 0 unspecified atom stereocenters. The Balaban J connectivity index is 1.04. The lowest BCUT2D eigenvalue weighted by molar-refractivity contribution is 1.17. The molecular formula is C52H34N4. The monoisotopic (exact) mass is 714 g/mol. The van der Waals surface area contributed by atoms with Crippen molar-refractivity contribution in [2.75, 3.05) is 0 Å². The molecule has 11 rings (SSSR count). The Morgan fingerprint density at radius 2 is 0.786 bits per heavy atom. The lowest BCUT2D eigenvalue weighted by atomic mass is 10.0. The summed E-state index contributed by atoms with van der Waals surface area (Å²) < 4.78 is 4.83. The van der Waals surface area contributed by atoms with Crippen LogP contribution in [-0.2, 0) is 0 Å². The van der Waals surface area contributed by atoms with Crippen molar-refractivity contribution in [3.05, 3.63) is 206 Å². The average molecular weight is 715 g/mol. The number of pyridine rings is 2. The fourth-order valence-corrected chi connectivity index (χ4v) is 8.36. The molecule has 0 N–H and O–H groups in total. The molecule has 4 nitrogen and oxygen atoms in total. The molecule has 0 radical (unpaired) electrons. The Bertz CT molecular complexity index is 3160. The van der Waals surface area contributed by atoms with Gasteiger partial charge in [-0.15, -0.1) is 0 Å². The Morgan fingerprint density at radius 3 is 1.45 bits per heavy atom. The normalized spacial score (nSPS) is 11.6. The number of benzene rings is 7. The van der Waals surface area contributed by atoms with Gasteiger partial charge in [0.25, 0.3) is 0 Å². The fourth-order valence-electron chi connectivity index (χ4n) is 8.36. The molecule has 0 aliphatic heterocycles. The molecule has 262 valence electrons. The van der Waals surface area contributed by atoms with Crippen LogP contribution in [0, 0.1) is 0 Å². The molecule has 0 aliphatic carbocycles. The second-order valence-corrected chi connectivity index (χ2v) is 14.2.